The van der Waals surface area contributed by atoms with Crippen LogP contribution in [0.15, 0.2) is 36.4 Å². The van der Waals surface area contributed by atoms with Crippen LogP contribution < -0.4 is 5.32 Å². The first-order valence-corrected chi connectivity index (χ1v) is 7.39. The average Bonchev–Trinajstić information content (AvgIpc) is 2.30. The summed E-state index contributed by atoms with van der Waals surface area (Å²) >= 11 is 19.9. The maximum absolute atomic E-state index is 12.1. The van der Waals surface area contributed by atoms with Crippen LogP contribution in [0.3, 0.4) is 0 Å². The standard InChI is InChI=1S/C13H7Cl3INO/c14-7-3-8(15)5-10(4-7)18-13(19)11-6-9(17)1-2-12(11)16/h1-6H,(H,18,19). The molecule has 1 N–H and O–H groups in total. The van der Waals surface area contributed by atoms with Crippen molar-refractivity contribution in [1.82, 2.24) is 0 Å². The first-order valence-electron chi connectivity index (χ1n) is 5.18. The van der Waals surface area contributed by atoms with Gasteiger partial charge in [0, 0.05) is 19.3 Å². The van der Waals surface area contributed by atoms with Crippen LogP contribution in [0.25, 0.3) is 0 Å². The van der Waals surface area contributed by atoms with Crippen LogP contribution in [-0.2, 0) is 0 Å². The molecule has 2 aromatic rings. The fraction of sp³-hybridized carbons (Fsp3) is 0. The fourth-order valence-electron chi connectivity index (χ4n) is 1.50. The Balaban J connectivity index is 2.28. The Morgan fingerprint density at radius 1 is 1.00 bits per heavy atom. The predicted octanol–water partition coefficient (Wildman–Crippen LogP) is 5.50. The molecule has 2 aromatic carbocycles. The Morgan fingerprint density at radius 2 is 1.63 bits per heavy atom. The Bertz CT molecular complexity index is 626. The zero-order valence-electron chi connectivity index (χ0n) is 9.38. The largest absolute Gasteiger partial charge is 0.322 e. The summed E-state index contributed by atoms with van der Waals surface area (Å²) in [5, 5.41) is 4.02. The summed E-state index contributed by atoms with van der Waals surface area (Å²) in [4.78, 5) is 12.1. The van der Waals surface area contributed by atoms with Gasteiger partial charge in [0.05, 0.1) is 10.6 Å². The highest BCUT2D eigenvalue weighted by Gasteiger charge is 2.11. The van der Waals surface area contributed by atoms with E-state index < -0.39 is 0 Å². The normalized spacial score (nSPS) is 10.3. The molecule has 0 fully saturated rings. The van der Waals surface area contributed by atoms with Gasteiger partial charge in [-0.3, -0.25) is 4.79 Å². The lowest BCUT2D eigenvalue weighted by Gasteiger charge is -2.08. The molecule has 0 aromatic heterocycles. The van der Waals surface area contributed by atoms with Gasteiger partial charge < -0.3 is 5.32 Å². The number of carbonyl (C=O) groups is 1. The van der Waals surface area contributed by atoms with E-state index in [0.29, 0.717) is 26.3 Å². The summed E-state index contributed by atoms with van der Waals surface area (Å²) in [7, 11) is 0. The van der Waals surface area contributed by atoms with Gasteiger partial charge in [-0.25, -0.2) is 0 Å². The third-order valence-electron chi connectivity index (χ3n) is 2.29. The topological polar surface area (TPSA) is 29.1 Å². The summed E-state index contributed by atoms with van der Waals surface area (Å²) < 4.78 is 0.927. The van der Waals surface area contributed by atoms with Crippen LogP contribution in [0, 0.1) is 3.57 Å². The molecule has 6 heteroatoms. The third-order valence-corrected chi connectivity index (χ3v) is 3.73. The molecular formula is C13H7Cl3INO. The molecule has 0 radical (unpaired) electrons. The first-order chi connectivity index (χ1) is 8.95. The van der Waals surface area contributed by atoms with Crippen molar-refractivity contribution in [3.63, 3.8) is 0 Å². The van der Waals surface area contributed by atoms with Gasteiger partial charge in [-0.05, 0) is 59.0 Å². The smallest absolute Gasteiger partial charge is 0.257 e. The minimum atomic E-state index is -0.304. The molecule has 0 aliphatic rings. The van der Waals surface area contributed by atoms with E-state index in [9.17, 15) is 4.79 Å². The van der Waals surface area contributed by atoms with Gasteiger partial charge in [-0.1, -0.05) is 34.8 Å². The molecule has 0 aliphatic heterocycles. The zero-order chi connectivity index (χ0) is 14.0. The quantitative estimate of drug-likeness (QED) is 0.631. The van der Waals surface area contributed by atoms with Gasteiger partial charge in [0.15, 0.2) is 0 Å². The van der Waals surface area contributed by atoms with E-state index in [4.69, 9.17) is 34.8 Å². The number of hydrogen-bond donors (Lipinski definition) is 1. The van der Waals surface area contributed by atoms with Crippen molar-refractivity contribution in [2.24, 2.45) is 0 Å². The number of anilines is 1. The minimum absolute atomic E-state index is 0.304. The lowest BCUT2D eigenvalue weighted by molar-refractivity contribution is 0.102. The maximum Gasteiger partial charge on any atom is 0.257 e. The molecule has 0 atom stereocenters. The summed E-state index contributed by atoms with van der Waals surface area (Å²) in [6.07, 6.45) is 0. The molecule has 2 rings (SSSR count). The van der Waals surface area contributed by atoms with Crippen LogP contribution in [0.2, 0.25) is 15.1 Å². The SMILES string of the molecule is O=C(Nc1cc(Cl)cc(Cl)c1)c1cc(I)ccc1Cl. The van der Waals surface area contributed by atoms with Gasteiger partial charge in [0.2, 0.25) is 0 Å². The van der Waals surface area contributed by atoms with E-state index in [2.05, 4.69) is 27.9 Å². The summed E-state index contributed by atoms with van der Waals surface area (Å²) in [5.41, 5.74) is 0.932. The number of rotatable bonds is 2. The van der Waals surface area contributed by atoms with E-state index in [1.807, 2.05) is 6.07 Å². The number of amides is 1. The van der Waals surface area contributed by atoms with Crippen molar-refractivity contribution < 1.29 is 4.79 Å². The van der Waals surface area contributed by atoms with E-state index in [0.717, 1.165) is 3.57 Å². The molecule has 19 heavy (non-hydrogen) atoms. The van der Waals surface area contributed by atoms with Gasteiger partial charge in [0.1, 0.15) is 0 Å². The monoisotopic (exact) mass is 425 g/mol. The summed E-state index contributed by atoms with van der Waals surface area (Å²) in [6.45, 7) is 0. The van der Waals surface area contributed by atoms with E-state index in [1.54, 1.807) is 30.3 Å². The highest BCUT2D eigenvalue weighted by molar-refractivity contribution is 14.1. The molecule has 0 aliphatic carbocycles. The summed E-state index contributed by atoms with van der Waals surface area (Å²) in [6, 6.07) is 10.1. The van der Waals surface area contributed by atoms with Crippen molar-refractivity contribution >= 4 is 69.0 Å². The van der Waals surface area contributed by atoms with Crippen LogP contribution in [0.1, 0.15) is 10.4 Å². The van der Waals surface area contributed by atoms with E-state index >= 15 is 0 Å². The van der Waals surface area contributed by atoms with E-state index in [1.165, 1.54) is 0 Å². The number of halogens is 4. The third kappa shape index (κ3) is 3.99. The highest BCUT2D eigenvalue weighted by atomic mass is 127. The zero-order valence-corrected chi connectivity index (χ0v) is 13.8. The highest BCUT2D eigenvalue weighted by Crippen LogP contribution is 2.24. The Hall–Kier alpha value is -0.490. The van der Waals surface area contributed by atoms with Crippen molar-refractivity contribution in [2.45, 2.75) is 0 Å². The van der Waals surface area contributed by atoms with Crippen molar-refractivity contribution in [2.75, 3.05) is 5.32 Å². The molecule has 1 amide bonds. The maximum atomic E-state index is 12.1. The van der Waals surface area contributed by atoms with Crippen LogP contribution in [-0.4, -0.2) is 5.91 Å². The van der Waals surface area contributed by atoms with E-state index in [-0.39, 0.29) is 5.91 Å². The Morgan fingerprint density at radius 3 is 2.26 bits per heavy atom. The molecular weight excluding hydrogens is 419 g/mol. The van der Waals surface area contributed by atoms with Gasteiger partial charge in [0.25, 0.3) is 5.91 Å². The molecule has 0 spiro atoms. The average molecular weight is 426 g/mol. The molecule has 0 saturated carbocycles. The second kappa shape index (κ2) is 6.31. The van der Waals surface area contributed by atoms with Crippen LogP contribution >= 0.6 is 57.4 Å². The number of benzene rings is 2. The predicted molar refractivity (Wildman–Crippen MR) is 88.6 cm³/mol. The van der Waals surface area contributed by atoms with Gasteiger partial charge in [-0.15, -0.1) is 0 Å². The minimum Gasteiger partial charge on any atom is -0.322 e. The van der Waals surface area contributed by atoms with Crippen molar-refractivity contribution in [3.8, 4) is 0 Å². The second-order valence-electron chi connectivity index (χ2n) is 3.74. The van der Waals surface area contributed by atoms with Crippen LogP contribution in [0.4, 0.5) is 5.69 Å². The second-order valence-corrected chi connectivity index (χ2v) is 6.26. The molecule has 0 bridgehead atoms. The van der Waals surface area contributed by atoms with Crippen LogP contribution in [0.5, 0.6) is 0 Å². The molecule has 98 valence electrons. The fourth-order valence-corrected chi connectivity index (χ4v) is 2.72. The molecule has 0 saturated heterocycles. The lowest BCUT2D eigenvalue weighted by Crippen LogP contribution is -2.12. The van der Waals surface area contributed by atoms with Gasteiger partial charge >= 0.3 is 0 Å². The molecule has 2 nitrogen and oxygen atoms in total. The number of hydrogen-bond acceptors (Lipinski definition) is 1. The number of carbonyl (C=O) groups excluding carboxylic acids is 1. The number of nitrogens with one attached hydrogen (secondary N) is 1. The Kier molecular flexibility index (Phi) is 4.95. The molecule has 0 unspecified atom stereocenters. The van der Waals surface area contributed by atoms with Crippen molar-refractivity contribution in [1.29, 1.82) is 0 Å². The Labute approximate surface area is 139 Å². The van der Waals surface area contributed by atoms with Crippen molar-refractivity contribution in [3.05, 3.63) is 60.6 Å². The van der Waals surface area contributed by atoms with Gasteiger partial charge in [-0.2, -0.15) is 0 Å². The molecule has 0 heterocycles. The summed E-state index contributed by atoms with van der Waals surface area (Å²) in [5.74, 6) is -0.304. The lowest BCUT2D eigenvalue weighted by atomic mass is 10.2. The first kappa shape index (κ1) is 14.9.